The zero-order chi connectivity index (χ0) is 16.8. The third-order valence-electron chi connectivity index (χ3n) is 4.03. The Morgan fingerprint density at radius 1 is 1.13 bits per heavy atom. The summed E-state index contributed by atoms with van der Waals surface area (Å²) in [7, 11) is 1.50. The molecule has 0 bridgehead atoms. The lowest BCUT2D eigenvalue weighted by Gasteiger charge is -2.35. The first-order valence-corrected chi connectivity index (χ1v) is 7.93. The number of carbonyl (C=O) groups is 2. The van der Waals surface area contributed by atoms with Crippen LogP contribution in [0.25, 0.3) is 0 Å². The van der Waals surface area contributed by atoms with Gasteiger partial charge in [0.25, 0.3) is 0 Å². The number of nitrogens with zero attached hydrogens (tertiary/aromatic N) is 2. The molecule has 6 heteroatoms. The minimum Gasteiger partial charge on any atom is -0.496 e. The number of rotatable bonds is 5. The van der Waals surface area contributed by atoms with Crippen LogP contribution in [0.5, 0.6) is 5.75 Å². The normalized spacial score (nSPS) is 14.7. The van der Waals surface area contributed by atoms with Crippen LogP contribution in [0.3, 0.4) is 0 Å². The standard InChI is InChI=1S/C17H23FN2O3/c1-3-4-16(21)19-7-9-20(10-8-19)17(22)12-13-11-14(18)5-6-15(13)23-2/h5-6,11H,3-4,7-10,12H2,1-2H3. The first-order valence-electron chi connectivity index (χ1n) is 7.93. The molecule has 2 rings (SSSR count). The van der Waals surface area contributed by atoms with Crippen LogP contribution in [0, 0.1) is 5.82 Å². The number of ether oxygens (including phenoxy) is 1. The van der Waals surface area contributed by atoms with Gasteiger partial charge in [0.2, 0.25) is 11.8 Å². The lowest BCUT2D eigenvalue weighted by molar-refractivity contribution is -0.139. The van der Waals surface area contributed by atoms with Gasteiger partial charge < -0.3 is 14.5 Å². The van der Waals surface area contributed by atoms with Gasteiger partial charge in [-0.15, -0.1) is 0 Å². The molecule has 1 aliphatic rings. The van der Waals surface area contributed by atoms with Gasteiger partial charge in [-0.25, -0.2) is 4.39 Å². The van der Waals surface area contributed by atoms with Crippen LogP contribution in [0.2, 0.25) is 0 Å². The van der Waals surface area contributed by atoms with Crippen molar-refractivity contribution in [3.05, 3.63) is 29.6 Å². The van der Waals surface area contributed by atoms with Gasteiger partial charge in [-0.2, -0.15) is 0 Å². The molecule has 0 atom stereocenters. The largest absolute Gasteiger partial charge is 0.496 e. The van der Waals surface area contributed by atoms with E-state index < -0.39 is 0 Å². The van der Waals surface area contributed by atoms with Crippen molar-refractivity contribution in [1.29, 1.82) is 0 Å². The monoisotopic (exact) mass is 322 g/mol. The average Bonchev–Trinajstić information content (AvgIpc) is 2.55. The first kappa shape index (κ1) is 17.2. The van der Waals surface area contributed by atoms with E-state index in [1.54, 1.807) is 9.80 Å². The van der Waals surface area contributed by atoms with E-state index in [2.05, 4.69) is 0 Å². The van der Waals surface area contributed by atoms with E-state index >= 15 is 0 Å². The Hall–Kier alpha value is -2.11. The summed E-state index contributed by atoms with van der Waals surface area (Å²) in [4.78, 5) is 27.8. The van der Waals surface area contributed by atoms with Gasteiger partial charge in [0.15, 0.2) is 0 Å². The average molecular weight is 322 g/mol. The molecule has 5 nitrogen and oxygen atoms in total. The molecular weight excluding hydrogens is 299 g/mol. The van der Waals surface area contributed by atoms with Crippen molar-refractivity contribution >= 4 is 11.8 Å². The van der Waals surface area contributed by atoms with Gasteiger partial charge in [0.05, 0.1) is 13.5 Å². The maximum atomic E-state index is 13.4. The molecule has 0 saturated carbocycles. The van der Waals surface area contributed by atoms with Crippen molar-refractivity contribution in [3.8, 4) is 5.75 Å². The number of amides is 2. The molecule has 1 heterocycles. The molecule has 23 heavy (non-hydrogen) atoms. The highest BCUT2D eigenvalue weighted by atomic mass is 19.1. The number of hydrogen-bond donors (Lipinski definition) is 0. The van der Waals surface area contributed by atoms with Crippen LogP contribution in [0.1, 0.15) is 25.3 Å². The summed E-state index contributed by atoms with van der Waals surface area (Å²) in [6, 6.07) is 4.17. The summed E-state index contributed by atoms with van der Waals surface area (Å²) >= 11 is 0. The maximum absolute atomic E-state index is 13.4. The van der Waals surface area contributed by atoms with Gasteiger partial charge in [-0.3, -0.25) is 9.59 Å². The molecule has 1 aromatic rings. The molecule has 1 aliphatic heterocycles. The SMILES string of the molecule is CCCC(=O)N1CCN(C(=O)Cc2cc(F)ccc2OC)CC1. The quantitative estimate of drug-likeness (QED) is 0.831. The Labute approximate surface area is 136 Å². The maximum Gasteiger partial charge on any atom is 0.227 e. The van der Waals surface area contributed by atoms with Crippen LogP contribution in [0.15, 0.2) is 18.2 Å². The van der Waals surface area contributed by atoms with Crippen LogP contribution in [0.4, 0.5) is 4.39 Å². The second-order valence-corrected chi connectivity index (χ2v) is 5.64. The van der Waals surface area contributed by atoms with Crippen molar-refractivity contribution in [3.63, 3.8) is 0 Å². The van der Waals surface area contributed by atoms with E-state index in [9.17, 15) is 14.0 Å². The van der Waals surface area contributed by atoms with Crippen molar-refractivity contribution in [1.82, 2.24) is 9.80 Å². The molecule has 0 unspecified atom stereocenters. The molecule has 0 N–H and O–H groups in total. The third kappa shape index (κ3) is 4.43. The predicted molar refractivity (Wildman–Crippen MR) is 84.7 cm³/mol. The van der Waals surface area contributed by atoms with Gasteiger partial charge in [-0.05, 0) is 24.6 Å². The zero-order valence-corrected chi connectivity index (χ0v) is 13.7. The summed E-state index contributed by atoms with van der Waals surface area (Å²) in [5.74, 6) is 0.197. The predicted octanol–water partition coefficient (Wildman–Crippen LogP) is 1.85. The highest BCUT2D eigenvalue weighted by molar-refractivity contribution is 5.80. The smallest absolute Gasteiger partial charge is 0.227 e. The van der Waals surface area contributed by atoms with Crippen LogP contribution in [-0.4, -0.2) is 54.9 Å². The molecule has 0 radical (unpaired) electrons. The lowest BCUT2D eigenvalue weighted by Crippen LogP contribution is -2.50. The second kappa shape index (κ2) is 7.94. The first-order chi connectivity index (χ1) is 11.0. The Kier molecular flexibility index (Phi) is 5.96. The summed E-state index contributed by atoms with van der Waals surface area (Å²) in [5.41, 5.74) is 0.544. The second-order valence-electron chi connectivity index (χ2n) is 5.64. The van der Waals surface area contributed by atoms with E-state index in [0.29, 0.717) is 43.9 Å². The molecular formula is C17H23FN2O3. The number of hydrogen-bond acceptors (Lipinski definition) is 3. The highest BCUT2D eigenvalue weighted by Crippen LogP contribution is 2.20. The molecule has 0 aromatic heterocycles. The Morgan fingerprint density at radius 2 is 1.74 bits per heavy atom. The fourth-order valence-corrected chi connectivity index (χ4v) is 2.74. The van der Waals surface area contributed by atoms with E-state index in [1.165, 1.54) is 25.3 Å². The summed E-state index contributed by atoms with van der Waals surface area (Å²) < 4.78 is 18.5. The van der Waals surface area contributed by atoms with Crippen LogP contribution < -0.4 is 4.74 Å². The summed E-state index contributed by atoms with van der Waals surface area (Å²) in [6.07, 6.45) is 1.48. The number of methoxy groups -OCH3 is 1. The zero-order valence-electron chi connectivity index (χ0n) is 13.7. The number of benzene rings is 1. The van der Waals surface area contributed by atoms with Crippen molar-refractivity contribution < 1.29 is 18.7 Å². The lowest BCUT2D eigenvalue weighted by atomic mass is 10.1. The summed E-state index contributed by atoms with van der Waals surface area (Å²) in [5, 5.41) is 0. The van der Waals surface area contributed by atoms with Crippen molar-refractivity contribution in [2.24, 2.45) is 0 Å². The molecule has 126 valence electrons. The fraction of sp³-hybridized carbons (Fsp3) is 0.529. The van der Waals surface area contributed by atoms with Gasteiger partial charge in [0, 0.05) is 38.2 Å². The Bertz CT molecular complexity index is 569. The van der Waals surface area contributed by atoms with Crippen molar-refractivity contribution in [2.45, 2.75) is 26.2 Å². The van der Waals surface area contributed by atoms with E-state index in [-0.39, 0.29) is 24.1 Å². The van der Waals surface area contributed by atoms with Gasteiger partial charge in [0.1, 0.15) is 11.6 Å². The number of piperazine rings is 1. The molecule has 0 aliphatic carbocycles. The molecule has 0 spiro atoms. The van der Waals surface area contributed by atoms with Crippen LogP contribution >= 0.6 is 0 Å². The third-order valence-corrected chi connectivity index (χ3v) is 4.03. The summed E-state index contributed by atoms with van der Waals surface area (Å²) in [6.45, 7) is 4.14. The van der Waals surface area contributed by atoms with E-state index in [4.69, 9.17) is 4.74 Å². The van der Waals surface area contributed by atoms with E-state index in [1.807, 2.05) is 6.92 Å². The van der Waals surface area contributed by atoms with Gasteiger partial charge >= 0.3 is 0 Å². The molecule has 2 amide bonds. The van der Waals surface area contributed by atoms with Gasteiger partial charge in [-0.1, -0.05) is 6.92 Å². The molecule has 1 aromatic carbocycles. The van der Waals surface area contributed by atoms with E-state index in [0.717, 1.165) is 6.42 Å². The topological polar surface area (TPSA) is 49.9 Å². The number of carbonyl (C=O) groups excluding carboxylic acids is 2. The number of halogens is 1. The Balaban J connectivity index is 1.93. The minimum absolute atomic E-state index is 0.0727. The Morgan fingerprint density at radius 3 is 2.30 bits per heavy atom. The fourth-order valence-electron chi connectivity index (χ4n) is 2.74. The molecule has 1 fully saturated rings. The molecule has 1 saturated heterocycles. The highest BCUT2D eigenvalue weighted by Gasteiger charge is 2.24. The van der Waals surface area contributed by atoms with Crippen molar-refractivity contribution in [2.75, 3.05) is 33.3 Å². The van der Waals surface area contributed by atoms with Crippen LogP contribution in [-0.2, 0) is 16.0 Å². The minimum atomic E-state index is -0.386.